The van der Waals surface area contributed by atoms with E-state index < -0.39 is 5.60 Å². The van der Waals surface area contributed by atoms with Gasteiger partial charge in [-0.3, -0.25) is 0 Å². The standard InChI is InChI=1S/C22H18N4O/c1-4-5-12-26-18-9-6-16(7-10-18)8-11-20-19(15-25)21(17(13-23)14-24)27-22(20,2)3/h1,6-11,26H,5,12H2,2-3H3. The number of terminal acetylenes is 1. The first-order valence-corrected chi connectivity index (χ1v) is 8.31. The molecule has 27 heavy (non-hydrogen) atoms. The summed E-state index contributed by atoms with van der Waals surface area (Å²) in [4.78, 5) is 0. The van der Waals surface area contributed by atoms with Crippen molar-refractivity contribution in [3.05, 3.63) is 58.4 Å². The Balaban J connectivity index is 2.31. The summed E-state index contributed by atoms with van der Waals surface area (Å²) in [5.74, 6) is 2.62. The third kappa shape index (κ3) is 4.38. The summed E-state index contributed by atoms with van der Waals surface area (Å²) in [6.07, 6.45) is 9.55. The minimum Gasteiger partial charge on any atom is -0.480 e. The third-order valence-electron chi connectivity index (χ3n) is 4.02. The zero-order chi connectivity index (χ0) is 19.9. The van der Waals surface area contributed by atoms with Crippen LogP contribution in [0.15, 0.2) is 52.8 Å². The van der Waals surface area contributed by atoms with Crippen molar-refractivity contribution in [3.63, 3.8) is 0 Å². The normalized spacial score (nSPS) is 14.7. The first-order chi connectivity index (χ1) is 13.0. The zero-order valence-corrected chi connectivity index (χ0v) is 15.2. The zero-order valence-electron chi connectivity index (χ0n) is 15.2. The van der Waals surface area contributed by atoms with Crippen LogP contribution in [-0.2, 0) is 4.74 Å². The number of nitrogens with one attached hydrogen (secondary N) is 1. The predicted octanol–water partition coefficient (Wildman–Crippen LogP) is 4.07. The first-order valence-electron chi connectivity index (χ1n) is 8.31. The van der Waals surface area contributed by atoms with Crippen LogP contribution >= 0.6 is 0 Å². The van der Waals surface area contributed by atoms with Crippen molar-refractivity contribution < 1.29 is 4.74 Å². The Kier molecular flexibility index (Phi) is 6.06. The molecule has 5 nitrogen and oxygen atoms in total. The maximum atomic E-state index is 9.52. The van der Waals surface area contributed by atoms with E-state index in [1.54, 1.807) is 32.1 Å². The van der Waals surface area contributed by atoms with Crippen LogP contribution < -0.4 is 5.32 Å². The SMILES string of the molecule is C#CCCNc1ccc(C=CC2=C(C#N)C(=C(C#N)C#N)OC2(C)C)cc1. The molecule has 1 aliphatic rings. The molecule has 0 amide bonds. The van der Waals surface area contributed by atoms with Crippen LogP contribution in [0.25, 0.3) is 6.08 Å². The van der Waals surface area contributed by atoms with Gasteiger partial charge in [0.25, 0.3) is 0 Å². The minimum absolute atomic E-state index is 0.0419. The molecule has 0 unspecified atom stereocenters. The van der Waals surface area contributed by atoms with Crippen molar-refractivity contribution >= 4 is 11.8 Å². The second-order valence-corrected chi connectivity index (χ2v) is 6.28. The van der Waals surface area contributed by atoms with E-state index in [0.717, 1.165) is 11.3 Å². The fourth-order valence-corrected chi connectivity index (χ4v) is 2.65. The van der Waals surface area contributed by atoms with Crippen LogP contribution in [-0.4, -0.2) is 12.1 Å². The number of benzene rings is 1. The molecule has 0 atom stereocenters. The molecule has 1 aromatic carbocycles. The van der Waals surface area contributed by atoms with Gasteiger partial charge < -0.3 is 10.1 Å². The molecule has 0 saturated carbocycles. The summed E-state index contributed by atoms with van der Waals surface area (Å²) in [6, 6.07) is 13.4. The van der Waals surface area contributed by atoms with Crippen LogP contribution in [0.5, 0.6) is 0 Å². The average molecular weight is 354 g/mol. The van der Waals surface area contributed by atoms with Crippen LogP contribution in [0.2, 0.25) is 0 Å². The molecular weight excluding hydrogens is 336 g/mol. The lowest BCUT2D eigenvalue weighted by Gasteiger charge is -2.20. The Morgan fingerprint density at radius 1 is 1.15 bits per heavy atom. The monoisotopic (exact) mass is 354 g/mol. The highest BCUT2D eigenvalue weighted by Crippen LogP contribution is 2.40. The second-order valence-electron chi connectivity index (χ2n) is 6.28. The van der Waals surface area contributed by atoms with Gasteiger partial charge in [0, 0.05) is 24.2 Å². The molecule has 1 aliphatic heterocycles. The summed E-state index contributed by atoms with van der Waals surface area (Å²) < 4.78 is 5.73. The summed E-state index contributed by atoms with van der Waals surface area (Å²) in [5.41, 5.74) is 1.73. The summed E-state index contributed by atoms with van der Waals surface area (Å²) in [5, 5.41) is 30.9. The molecule has 1 heterocycles. The highest BCUT2D eigenvalue weighted by Gasteiger charge is 2.38. The lowest BCUT2D eigenvalue weighted by molar-refractivity contribution is 0.0954. The smallest absolute Gasteiger partial charge is 0.172 e. The van der Waals surface area contributed by atoms with Crippen LogP contribution in [0.4, 0.5) is 5.69 Å². The van der Waals surface area contributed by atoms with E-state index in [1.165, 1.54) is 0 Å². The van der Waals surface area contributed by atoms with Gasteiger partial charge in [-0.05, 0) is 31.5 Å². The summed E-state index contributed by atoms with van der Waals surface area (Å²) in [6.45, 7) is 4.30. The van der Waals surface area contributed by atoms with Gasteiger partial charge >= 0.3 is 0 Å². The quantitative estimate of drug-likeness (QED) is 0.489. The topological polar surface area (TPSA) is 92.6 Å². The van der Waals surface area contributed by atoms with Gasteiger partial charge in [-0.15, -0.1) is 12.3 Å². The largest absolute Gasteiger partial charge is 0.480 e. The molecule has 0 aliphatic carbocycles. The van der Waals surface area contributed by atoms with Crippen molar-refractivity contribution in [2.45, 2.75) is 25.9 Å². The summed E-state index contributed by atoms with van der Waals surface area (Å²) >= 11 is 0. The van der Waals surface area contributed by atoms with E-state index >= 15 is 0 Å². The van der Waals surface area contributed by atoms with E-state index in [2.05, 4.69) is 17.3 Å². The number of rotatable bonds is 5. The lowest BCUT2D eigenvalue weighted by atomic mass is 9.94. The Labute approximate surface area is 159 Å². The number of allylic oxidation sites excluding steroid dienone is 2. The highest BCUT2D eigenvalue weighted by atomic mass is 16.5. The van der Waals surface area contributed by atoms with Crippen molar-refractivity contribution in [3.8, 4) is 30.6 Å². The number of hydrogen-bond donors (Lipinski definition) is 1. The fourth-order valence-electron chi connectivity index (χ4n) is 2.65. The lowest BCUT2D eigenvalue weighted by Crippen LogP contribution is -2.20. The van der Waals surface area contributed by atoms with Gasteiger partial charge in [-0.25, -0.2) is 0 Å². The fraction of sp³-hybridized carbons (Fsp3) is 0.227. The van der Waals surface area contributed by atoms with Crippen LogP contribution in [0.1, 0.15) is 25.8 Å². The van der Waals surface area contributed by atoms with Gasteiger partial charge in [0.15, 0.2) is 11.3 Å². The van der Waals surface area contributed by atoms with Gasteiger partial charge in [-0.2, -0.15) is 15.8 Å². The van der Waals surface area contributed by atoms with Crippen molar-refractivity contribution in [1.29, 1.82) is 15.8 Å². The van der Waals surface area contributed by atoms with Crippen molar-refractivity contribution in [2.75, 3.05) is 11.9 Å². The predicted molar refractivity (Wildman–Crippen MR) is 103 cm³/mol. The highest BCUT2D eigenvalue weighted by molar-refractivity contribution is 5.65. The third-order valence-corrected chi connectivity index (χ3v) is 4.02. The number of hydrogen-bond acceptors (Lipinski definition) is 5. The molecule has 0 radical (unpaired) electrons. The van der Waals surface area contributed by atoms with Gasteiger partial charge in [-0.1, -0.05) is 24.3 Å². The second kappa shape index (κ2) is 8.44. The van der Waals surface area contributed by atoms with E-state index in [9.17, 15) is 5.26 Å². The average Bonchev–Trinajstić information content (AvgIpc) is 2.92. The van der Waals surface area contributed by atoms with E-state index in [1.807, 2.05) is 30.3 Å². The number of nitriles is 3. The molecule has 0 spiro atoms. The molecule has 1 aromatic rings. The molecule has 1 N–H and O–H groups in total. The molecule has 132 valence electrons. The molecule has 0 aromatic heterocycles. The molecule has 5 heteroatoms. The first kappa shape index (κ1) is 19.4. The number of ether oxygens (including phenoxy) is 1. The number of anilines is 1. The Morgan fingerprint density at radius 2 is 1.81 bits per heavy atom. The molecule has 0 bridgehead atoms. The van der Waals surface area contributed by atoms with Crippen molar-refractivity contribution in [2.24, 2.45) is 0 Å². The van der Waals surface area contributed by atoms with Crippen LogP contribution in [0, 0.1) is 46.3 Å². The Hall–Kier alpha value is -3.93. The van der Waals surface area contributed by atoms with Crippen LogP contribution in [0.3, 0.4) is 0 Å². The van der Waals surface area contributed by atoms with E-state index in [0.29, 0.717) is 18.5 Å². The molecule has 0 saturated heterocycles. The summed E-state index contributed by atoms with van der Waals surface area (Å²) in [7, 11) is 0. The Morgan fingerprint density at radius 3 is 2.37 bits per heavy atom. The van der Waals surface area contributed by atoms with Gasteiger partial charge in [0.1, 0.15) is 29.4 Å². The van der Waals surface area contributed by atoms with E-state index in [-0.39, 0.29) is 16.9 Å². The maximum Gasteiger partial charge on any atom is 0.172 e. The number of nitrogens with zero attached hydrogens (tertiary/aromatic N) is 3. The maximum absolute atomic E-state index is 9.52. The van der Waals surface area contributed by atoms with Crippen molar-refractivity contribution in [1.82, 2.24) is 0 Å². The van der Waals surface area contributed by atoms with Gasteiger partial charge in [0.05, 0.1) is 0 Å². The molecule has 0 fully saturated rings. The van der Waals surface area contributed by atoms with Gasteiger partial charge in [0.2, 0.25) is 0 Å². The molecule has 2 rings (SSSR count). The van der Waals surface area contributed by atoms with E-state index in [4.69, 9.17) is 21.7 Å². The molecular formula is C22H18N4O. The minimum atomic E-state index is -0.813. The Bertz CT molecular complexity index is 965.